The summed E-state index contributed by atoms with van der Waals surface area (Å²) in [5.41, 5.74) is 1.75. The molecule has 0 spiro atoms. The largest absolute Gasteiger partial charge is 0.306 e. The molecule has 0 amide bonds. The Balaban J connectivity index is 2.44. The Morgan fingerprint density at radius 2 is 2.05 bits per heavy atom. The molecule has 0 aliphatic carbocycles. The molecule has 20 heavy (non-hydrogen) atoms. The van der Waals surface area contributed by atoms with Crippen LogP contribution in [0.3, 0.4) is 0 Å². The first-order chi connectivity index (χ1) is 9.63. The summed E-state index contributed by atoms with van der Waals surface area (Å²) in [5.74, 6) is -1.06. The van der Waals surface area contributed by atoms with Gasteiger partial charge in [0.1, 0.15) is 11.6 Å². The second kappa shape index (κ2) is 6.57. The van der Waals surface area contributed by atoms with Gasteiger partial charge in [0, 0.05) is 24.0 Å². The smallest absolute Gasteiger partial charge is 0.131 e. The van der Waals surface area contributed by atoms with Crippen molar-refractivity contribution in [2.45, 2.75) is 26.3 Å². The predicted molar refractivity (Wildman–Crippen MR) is 75.5 cm³/mol. The molecule has 4 heteroatoms. The van der Waals surface area contributed by atoms with E-state index in [0.717, 1.165) is 24.6 Å². The third-order valence-corrected chi connectivity index (χ3v) is 3.21. The van der Waals surface area contributed by atoms with E-state index in [-0.39, 0.29) is 6.04 Å². The van der Waals surface area contributed by atoms with Crippen LogP contribution in [0.15, 0.2) is 36.7 Å². The fourth-order valence-electron chi connectivity index (χ4n) is 2.14. The fraction of sp³-hybridized carbons (Fsp3) is 0.312. The second-order valence-corrected chi connectivity index (χ2v) is 4.80. The molecule has 1 aromatic carbocycles. The van der Waals surface area contributed by atoms with E-state index >= 15 is 0 Å². The predicted octanol–water partition coefficient (Wildman–Crippen LogP) is 3.76. The number of aryl methyl sites for hydroxylation is 1. The number of benzene rings is 1. The van der Waals surface area contributed by atoms with Gasteiger partial charge in [-0.2, -0.15) is 0 Å². The third-order valence-electron chi connectivity index (χ3n) is 3.21. The Bertz CT molecular complexity index is 570. The Morgan fingerprint density at radius 1 is 1.25 bits per heavy atom. The van der Waals surface area contributed by atoms with Crippen LogP contribution in [0.1, 0.15) is 36.1 Å². The number of pyridine rings is 1. The van der Waals surface area contributed by atoms with Gasteiger partial charge in [-0.25, -0.2) is 8.78 Å². The van der Waals surface area contributed by atoms with Crippen LogP contribution < -0.4 is 5.32 Å². The number of halogens is 2. The molecule has 1 atom stereocenters. The average Bonchev–Trinajstić information content (AvgIpc) is 2.45. The number of rotatable bonds is 5. The van der Waals surface area contributed by atoms with Gasteiger partial charge in [0.2, 0.25) is 0 Å². The molecule has 2 rings (SSSR count). The highest BCUT2D eigenvalue weighted by molar-refractivity contribution is 5.34. The molecule has 0 aliphatic rings. The number of nitrogens with zero attached hydrogens (tertiary/aromatic N) is 1. The molecule has 1 N–H and O–H groups in total. The summed E-state index contributed by atoms with van der Waals surface area (Å²) in [4.78, 5) is 4.07. The van der Waals surface area contributed by atoms with Gasteiger partial charge < -0.3 is 5.32 Å². The van der Waals surface area contributed by atoms with Crippen molar-refractivity contribution in [2.24, 2.45) is 0 Å². The maximum Gasteiger partial charge on any atom is 0.131 e. The zero-order chi connectivity index (χ0) is 14.5. The highest BCUT2D eigenvalue weighted by atomic mass is 19.1. The van der Waals surface area contributed by atoms with Crippen LogP contribution in [0.25, 0.3) is 0 Å². The standard InChI is InChI=1S/C16H18F2N2/c1-3-6-20-16(12-5-4-7-19-10-12)13-8-11(2)14(17)9-15(13)18/h4-5,7-10,16,20H,3,6H2,1-2H3. The van der Waals surface area contributed by atoms with Gasteiger partial charge in [-0.05, 0) is 43.1 Å². The summed E-state index contributed by atoms with van der Waals surface area (Å²) in [6.07, 6.45) is 4.30. The molecule has 0 fully saturated rings. The first-order valence-corrected chi connectivity index (χ1v) is 6.72. The molecule has 1 aromatic heterocycles. The molecule has 0 aliphatic heterocycles. The maximum atomic E-state index is 14.1. The van der Waals surface area contributed by atoms with Crippen LogP contribution in [0.5, 0.6) is 0 Å². The molecule has 0 saturated heterocycles. The van der Waals surface area contributed by atoms with Crippen LogP contribution in [0, 0.1) is 18.6 Å². The molecule has 0 radical (unpaired) electrons. The van der Waals surface area contributed by atoms with E-state index in [1.165, 1.54) is 0 Å². The zero-order valence-corrected chi connectivity index (χ0v) is 11.7. The minimum Gasteiger partial charge on any atom is -0.306 e. The monoisotopic (exact) mass is 276 g/mol. The molecule has 0 saturated carbocycles. The Hall–Kier alpha value is -1.81. The molecule has 0 bridgehead atoms. The van der Waals surface area contributed by atoms with Crippen LogP contribution in [-0.2, 0) is 0 Å². The van der Waals surface area contributed by atoms with Crippen LogP contribution in [0.2, 0.25) is 0 Å². The van der Waals surface area contributed by atoms with Gasteiger partial charge in [-0.3, -0.25) is 4.98 Å². The Labute approximate surface area is 117 Å². The lowest BCUT2D eigenvalue weighted by atomic mass is 9.97. The molecular formula is C16H18F2N2. The molecular weight excluding hydrogens is 258 g/mol. The lowest BCUT2D eigenvalue weighted by molar-refractivity contribution is 0.529. The number of nitrogens with one attached hydrogen (secondary N) is 1. The molecule has 1 heterocycles. The quantitative estimate of drug-likeness (QED) is 0.899. The van der Waals surface area contributed by atoms with Crippen molar-refractivity contribution in [3.05, 3.63) is 65.0 Å². The zero-order valence-electron chi connectivity index (χ0n) is 11.7. The Kier molecular flexibility index (Phi) is 4.79. The van der Waals surface area contributed by atoms with Gasteiger partial charge in [0.15, 0.2) is 0 Å². The summed E-state index contributed by atoms with van der Waals surface area (Å²) in [5, 5.41) is 3.29. The summed E-state index contributed by atoms with van der Waals surface area (Å²) < 4.78 is 27.5. The van der Waals surface area contributed by atoms with Crippen molar-refractivity contribution in [3.63, 3.8) is 0 Å². The molecule has 106 valence electrons. The Morgan fingerprint density at radius 3 is 2.70 bits per heavy atom. The first kappa shape index (κ1) is 14.6. The molecule has 1 unspecified atom stereocenters. The third kappa shape index (κ3) is 3.20. The summed E-state index contributed by atoms with van der Waals surface area (Å²) >= 11 is 0. The highest BCUT2D eigenvalue weighted by Gasteiger charge is 2.19. The lowest BCUT2D eigenvalue weighted by Crippen LogP contribution is -2.24. The van der Waals surface area contributed by atoms with Crippen molar-refractivity contribution >= 4 is 0 Å². The minimum atomic E-state index is -0.537. The molecule has 2 aromatic rings. The SMILES string of the molecule is CCCNC(c1cccnc1)c1cc(C)c(F)cc1F. The van der Waals surface area contributed by atoms with E-state index in [1.807, 2.05) is 19.1 Å². The topological polar surface area (TPSA) is 24.9 Å². The van der Waals surface area contributed by atoms with E-state index in [4.69, 9.17) is 0 Å². The van der Waals surface area contributed by atoms with E-state index in [1.54, 1.807) is 25.4 Å². The van der Waals surface area contributed by atoms with Crippen LogP contribution in [0.4, 0.5) is 8.78 Å². The molecule has 2 nitrogen and oxygen atoms in total. The van der Waals surface area contributed by atoms with Crippen molar-refractivity contribution in [1.82, 2.24) is 10.3 Å². The van der Waals surface area contributed by atoms with Crippen LogP contribution in [-0.4, -0.2) is 11.5 Å². The fourth-order valence-corrected chi connectivity index (χ4v) is 2.14. The van der Waals surface area contributed by atoms with Gasteiger partial charge in [-0.1, -0.05) is 13.0 Å². The minimum absolute atomic E-state index is 0.317. The van der Waals surface area contributed by atoms with Crippen molar-refractivity contribution in [1.29, 1.82) is 0 Å². The van der Waals surface area contributed by atoms with Gasteiger partial charge in [-0.15, -0.1) is 0 Å². The summed E-state index contributed by atoms with van der Waals surface area (Å²) in [6.45, 7) is 4.42. The van der Waals surface area contributed by atoms with E-state index in [2.05, 4.69) is 10.3 Å². The number of aromatic nitrogens is 1. The second-order valence-electron chi connectivity index (χ2n) is 4.80. The van der Waals surface area contributed by atoms with Crippen LogP contribution >= 0.6 is 0 Å². The maximum absolute atomic E-state index is 14.1. The van der Waals surface area contributed by atoms with E-state index in [9.17, 15) is 8.78 Å². The van der Waals surface area contributed by atoms with Crippen molar-refractivity contribution < 1.29 is 8.78 Å². The summed E-state index contributed by atoms with van der Waals surface area (Å²) in [6, 6.07) is 5.89. The van der Waals surface area contributed by atoms with Gasteiger partial charge >= 0.3 is 0 Å². The van der Waals surface area contributed by atoms with Crippen molar-refractivity contribution in [3.8, 4) is 0 Å². The number of hydrogen-bond donors (Lipinski definition) is 1. The van der Waals surface area contributed by atoms with Gasteiger partial charge in [0.25, 0.3) is 0 Å². The van der Waals surface area contributed by atoms with Crippen molar-refractivity contribution in [2.75, 3.05) is 6.54 Å². The summed E-state index contributed by atoms with van der Waals surface area (Å²) in [7, 11) is 0. The average molecular weight is 276 g/mol. The van der Waals surface area contributed by atoms with Gasteiger partial charge in [0.05, 0.1) is 6.04 Å². The van der Waals surface area contributed by atoms with E-state index < -0.39 is 11.6 Å². The lowest BCUT2D eigenvalue weighted by Gasteiger charge is -2.20. The normalized spacial score (nSPS) is 12.4. The highest BCUT2D eigenvalue weighted by Crippen LogP contribution is 2.26. The first-order valence-electron chi connectivity index (χ1n) is 6.72. The number of hydrogen-bond acceptors (Lipinski definition) is 2. The van der Waals surface area contributed by atoms with E-state index in [0.29, 0.717) is 11.1 Å².